The van der Waals surface area contributed by atoms with E-state index in [2.05, 4.69) is 9.97 Å². The molecule has 0 aliphatic carbocycles. The maximum atomic E-state index is 10.7. The predicted octanol–water partition coefficient (Wildman–Crippen LogP) is 2.30. The number of nitro groups is 1. The summed E-state index contributed by atoms with van der Waals surface area (Å²) in [6, 6.07) is 3.00. The lowest BCUT2D eigenvalue weighted by molar-refractivity contribution is -0.380. The zero-order valence-electron chi connectivity index (χ0n) is 8.64. The smallest absolute Gasteiger partial charge is 0.354 e. The second-order valence-electron chi connectivity index (χ2n) is 3.01. The van der Waals surface area contributed by atoms with Crippen molar-refractivity contribution in [1.82, 2.24) is 9.97 Å². The second kappa shape index (κ2) is 5.10. The van der Waals surface area contributed by atoms with Crippen LogP contribution in [0.5, 0.6) is 0 Å². The van der Waals surface area contributed by atoms with Gasteiger partial charge in [-0.3, -0.25) is 10.1 Å². The Morgan fingerprint density at radius 1 is 1.50 bits per heavy atom. The predicted molar refractivity (Wildman–Crippen MR) is 64.1 cm³/mol. The molecule has 0 unspecified atom stereocenters. The average Bonchev–Trinajstić information content (AvgIpc) is 2.78. The Kier molecular flexibility index (Phi) is 3.53. The summed E-state index contributed by atoms with van der Waals surface area (Å²) in [4.78, 5) is 28.9. The summed E-state index contributed by atoms with van der Waals surface area (Å²) >= 11 is 2.09. The van der Waals surface area contributed by atoms with Gasteiger partial charge in [-0.05, 0) is 23.5 Å². The van der Waals surface area contributed by atoms with Crippen LogP contribution in [0, 0.1) is 10.1 Å². The monoisotopic (exact) mass is 283 g/mol. The van der Waals surface area contributed by atoms with Gasteiger partial charge < -0.3 is 5.11 Å². The minimum atomic E-state index is -1.12. The summed E-state index contributed by atoms with van der Waals surface area (Å²) in [5.41, 5.74) is -0.0777. The van der Waals surface area contributed by atoms with Crippen LogP contribution in [-0.4, -0.2) is 26.0 Å². The van der Waals surface area contributed by atoms with Gasteiger partial charge in [0.1, 0.15) is 11.9 Å². The Balaban J connectivity index is 2.20. The molecule has 9 heteroatoms. The zero-order chi connectivity index (χ0) is 13.1. The molecular weight excluding hydrogens is 278 g/mol. The number of aromatic carboxylic acids is 1. The molecule has 0 saturated heterocycles. The minimum Gasteiger partial charge on any atom is -0.477 e. The number of aromatic nitrogens is 2. The third kappa shape index (κ3) is 2.81. The van der Waals surface area contributed by atoms with Crippen molar-refractivity contribution in [2.45, 2.75) is 9.24 Å². The van der Waals surface area contributed by atoms with Gasteiger partial charge in [0.2, 0.25) is 0 Å². The van der Waals surface area contributed by atoms with Crippen LogP contribution in [0.2, 0.25) is 0 Å². The Morgan fingerprint density at radius 3 is 2.89 bits per heavy atom. The van der Waals surface area contributed by atoms with Crippen LogP contribution < -0.4 is 0 Å². The van der Waals surface area contributed by atoms with Crippen LogP contribution >= 0.6 is 23.1 Å². The maximum Gasteiger partial charge on any atom is 0.354 e. The van der Waals surface area contributed by atoms with E-state index in [0.29, 0.717) is 9.24 Å². The van der Waals surface area contributed by atoms with Gasteiger partial charge in [-0.15, -0.1) is 0 Å². The summed E-state index contributed by atoms with van der Waals surface area (Å²) in [7, 11) is 0. The molecule has 1 N–H and O–H groups in total. The molecule has 2 aromatic rings. The molecule has 92 valence electrons. The number of carboxylic acid groups (broad SMARTS) is 1. The fourth-order valence-corrected chi connectivity index (χ4v) is 2.86. The van der Waals surface area contributed by atoms with E-state index in [9.17, 15) is 14.9 Å². The van der Waals surface area contributed by atoms with Crippen molar-refractivity contribution in [2.24, 2.45) is 0 Å². The normalized spacial score (nSPS) is 10.2. The third-order valence-electron chi connectivity index (χ3n) is 1.81. The van der Waals surface area contributed by atoms with Gasteiger partial charge in [0.15, 0.2) is 4.34 Å². The van der Waals surface area contributed by atoms with Gasteiger partial charge >= 0.3 is 11.0 Å². The van der Waals surface area contributed by atoms with Crippen LogP contribution in [0.15, 0.2) is 33.8 Å². The number of carboxylic acids is 1. The summed E-state index contributed by atoms with van der Waals surface area (Å²) in [5, 5.41) is 19.2. The molecule has 0 amide bonds. The van der Waals surface area contributed by atoms with Crippen LogP contribution in [0.4, 0.5) is 5.00 Å². The average molecular weight is 283 g/mol. The maximum absolute atomic E-state index is 10.7. The summed E-state index contributed by atoms with van der Waals surface area (Å²) in [6.07, 6.45) is 2.54. The van der Waals surface area contributed by atoms with Crippen molar-refractivity contribution in [3.8, 4) is 0 Å². The van der Waals surface area contributed by atoms with E-state index in [1.165, 1.54) is 18.5 Å². The van der Waals surface area contributed by atoms with Crippen LogP contribution in [0.1, 0.15) is 10.5 Å². The summed E-state index contributed by atoms with van der Waals surface area (Å²) in [6.45, 7) is 0. The van der Waals surface area contributed by atoms with Crippen molar-refractivity contribution >= 4 is 34.1 Å². The van der Waals surface area contributed by atoms with Crippen LogP contribution in [-0.2, 0) is 0 Å². The molecule has 2 rings (SSSR count). The van der Waals surface area contributed by atoms with Gasteiger partial charge in [-0.25, -0.2) is 14.8 Å². The molecule has 18 heavy (non-hydrogen) atoms. The Bertz CT molecular complexity index is 613. The first kappa shape index (κ1) is 12.5. The molecular formula is C9H5N3O4S2. The number of nitrogens with zero attached hydrogens (tertiary/aromatic N) is 3. The largest absolute Gasteiger partial charge is 0.477 e. The van der Waals surface area contributed by atoms with E-state index in [1.807, 2.05) is 0 Å². The standard InChI is InChI=1S/C9H5N3O4S2/c13-8(14)6-3-5(1-2-10-6)17-9-11-4-7(18-9)12(15)16/h1-4H,(H,13,14). The van der Waals surface area contributed by atoms with Gasteiger partial charge in [0, 0.05) is 11.1 Å². The molecule has 0 aliphatic rings. The molecule has 0 spiro atoms. The number of pyridine rings is 1. The molecule has 0 bridgehead atoms. The molecule has 0 radical (unpaired) electrons. The molecule has 7 nitrogen and oxygen atoms in total. The van der Waals surface area contributed by atoms with E-state index >= 15 is 0 Å². The fourth-order valence-electron chi connectivity index (χ4n) is 1.07. The molecule has 2 heterocycles. The summed E-state index contributed by atoms with van der Waals surface area (Å²) < 4.78 is 0.476. The first-order chi connectivity index (χ1) is 8.56. The van der Waals surface area contributed by atoms with Gasteiger partial charge in [0.25, 0.3) is 0 Å². The topological polar surface area (TPSA) is 106 Å². The van der Waals surface area contributed by atoms with Gasteiger partial charge in [0.05, 0.1) is 4.92 Å². The van der Waals surface area contributed by atoms with Crippen molar-refractivity contribution in [3.63, 3.8) is 0 Å². The van der Waals surface area contributed by atoms with Crippen molar-refractivity contribution < 1.29 is 14.8 Å². The Hall–Kier alpha value is -2.00. The van der Waals surface area contributed by atoms with Gasteiger partial charge in [-0.1, -0.05) is 11.8 Å². The van der Waals surface area contributed by atoms with E-state index in [-0.39, 0.29) is 10.7 Å². The Morgan fingerprint density at radius 2 is 2.28 bits per heavy atom. The molecule has 0 fully saturated rings. The van der Waals surface area contributed by atoms with Gasteiger partial charge in [-0.2, -0.15) is 0 Å². The molecule has 0 aromatic carbocycles. The number of thiazole rings is 1. The lowest BCUT2D eigenvalue weighted by Crippen LogP contribution is -1.99. The highest BCUT2D eigenvalue weighted by molar-refractivity contribution is 8.01. The molecule has 0 saturated carbocycles. The fraction of sp³-hybridized carbons (Fsp3) is 0. The highest BCUT2D eigenvalue weighted by Gasteiger charge is 2.13. The molecule has 2 aromatic heterocycles. The highest BCUT2D eigenvalue weighted by Crippen LogP contribution is 2.34. The van der Waals surface area contributed by atoms with E-state index in [0.717, 1.165) is 23.1 Å². The van der Waals surface area contributed by atoms with Crippen LogP contribution in [0.3, 0.4) is 0 Å². The lowest BCUT2D eigenvalue weighted by Gasteiger charge is -1.98. The number of carbonyl (C=O) groups is 1. The first-order valence-corrected chi connectivity index (χ1v) is 6.17. The lowest BCUT2D eigenvalue weighted by atomic mass is 10.4. The van der Waals surface area contributed by atoms with Crippen LogP contribution in [0.25, 0.3) is 0 Å². The Labute approximate surface area is 109 Å². The zero-order valence-corrected chi connectivity index (χ0v) is 10.3. The number of rotatable bonds is 4. The number of hydrogen-bond donors (Lipinski definition) is 1. The second-order valence-corrected chi connectivity index (χ2v) is 5.34. The van der Waals surface area contributed by atoms with Crippen molar-refractivity contribution in [2.75, 3.05) is 0 Å². The quantitative estimate of drug-likeness (QED) is 0.677. The molecule has 0 aliphatic heterocycles. The number of hydrogen-bond acceptors (Lipinski definition) is 7. The van der Waals surface area contributed by atoms with Crippen molar-refractivity contribution in [3.05, 3.63) is 40.3 Å². The first-order valence-electron chi connectivity index (χ1n) is 4.53. The highest BCUT2D eigenvalue weighted by atomic mass is 32.2. The van der Waals surface area contributed by atoms with E-state index in [4.69, 9.17) is 5.11 Å². The minimum absolute atomic E-state index is 0.0509. The molecule has 0 atom stereocenters. The van der Waals surface area contributed by atoms with Crippen molar-refractivity contribution in [1.29, 1.82) is 0 Å². The van der Waals surface area contributed by atoms with E-state index < -0.39 is 10.9 Å². The van der Waals surface area contributed by atoms with E-state index in [1.54, 1.807) is 6.07 Å². The summed E-state index contributed by atoms with van der Waals surface area (Å²) in [5.74, 6) is -1.12. The SMILES string of the molecule is O=C(O)c1cc(Sc2ncc([N+](=O)[O-])s2)ccn1. The third-order valence-corrected chi connectivity index (χ3v) is 3.82.